The molecular weight excluding hydrogens is 605 g/mol. The highest BCUT2D eigenvalue weighted by Crippen LogP contribution is 2.43. The molecule has 6 heterocycles. The third-order valence-electron chi connectivity index (χ3n) is 10.7. The highest BCUT2D eigenvalue weighted by Gasteiger charge is 2.38. The van der Waals surface area contributed by atoms with Crippen LogP contribution in [-0.4, -0.2) is 84.1 Å². The molecule has 0 saturated carbocycles. The highest BCUT2D eigenvalue weighted by atomic mass is 35.5. The summed E-state index contributed by atoms with van der Waals surface area (Å²) in [7, 11) is 0. The van der Waals surface area contributed by atoms with Crippen molar-refractivity contribution in [1.82, 2.24) is 20.2 Å². The lowest BCUT2D eigenvalue weighted by Crippen LogP contribution is -2.48. The van der Waals surface area contributed by atoms with Crippen molar-refractivity contribution in [3.63, 3.8) is 0 Å². The van der Waals surface area contributed by atoms with Gasteiger partial charge in [-0.05, 0) is 79.1 Å². The average Bonchev–Trinajstić information content (AvgIpc) is 3.28. The van der Waals surface area contributed by atoms with E-state index in [4.69, 9.17) is 31.0 Å². The Balaban J connectivity index is 1.20. The van der Waals surface area contributed by atoms with E-state index >= 15 is 4.39 Å². The number of halogens is 2. The molecule has 0 amide bonds. The normalized spacial score (nSPS) is 25.3. The number of piperidine rings is 1. The number of hydrogen-bond acceptors (Lipinski definition) is 8. The van der Waals surface area contributed by atoms with Crippen molar-refractivity contribution in [2.45, 2.75) is 57.2 Å². The molecule has 0 aliphatic carbocycles. The Labute approximate surface area is 273 Å². The second kappa shape index (κ2) is 12.4. The number of ether oxygens (including phenoxy) is 2. The van der Waals surface area contributed by atoms with Crippen molar-refractivity contribution >= 4 is 39.1 Å². The molecule has 10 heteroatoms. The number of benzene rings is 3. The van der Waals surface area contributed by atoms with Crippen molar-refractivity contribution in [3.8, 4) is 22.9 Å². The van der Waals surface area contributed by atoms with Gasteiger partial charge in [0.1, 0.15) is 17.1 Å². The quantitative estimate of drug-likeness (QED) is 0.228. The summed E-state index contributed by atoms with van der Waals surface area (Å²) in [6.07, 6.45) is 5.59. The van der Waals surface area contributed by atoms with E-state index in [9.17, 15) is 5.11 Å². The van der Waals surface area contributed by atoms with Gasteiger partial charge < -0.3 is 24.8 Å². The van der Waals surface area contributed by atoms with Gasteiger partial charge in [-0.3, -0.25) is 4.90 Å². The molecule has 0 radical (unpaired) electrons. The largest absolute Gasteiger partial charge is 0.508 e. The summed E-state index contributed by atoms with van der Waals surface area (Å²) in [5.74, 6) is 0.933. The molecule has 4 bridgehead atoms. The van der Waals surface area contributed by atoms with Crippen molar-refractivity contribution in [1.29, 1.82) is 0 Å². The van der Waals surface area contributed by atoms with Crippen LogP contribution in [0.15, 0.2) is 42.5 Å². The lowest BCUT2D eigenvalue weighted by atomic mass is 9.96. The number of anilines is 1. The molecular formula is C36H41ClFN5O3. The van der Waals surface area contributed by atoms with E-state index in [1.165, 1.54) is 12.8 Å². The summed E-state index contributed by atoms with van der Waals surface area (Å²) < 4.78 is 29.1. The van der Waals surface area contributed by atoms with Crippen LogP contribution in [0.25, 0.3) is 32.8 Å². The number of phenolic OH excluding ortho intramolecular Hbond substituents is 1. The molecule has 2 N–H and O–H groups in total. The molecule has 4 aromatic rings. The number of fused-ring (bicyclic) bond motifs is 8. The topological polar surface area (TPSA) is 83.0 Å². The first-order valence-corrected chi connectivity index (χ1v) is 17.2. The molecule has 46 heavy (non-hydrogen) atoms. The van der Waals surface area contributed by atoms with Gasteiger partial charge in [-0.15, -0.1) is 0 Å². The van der Waals surface area contributed by atoms with E-state index in [1.807, 2.05) is 24.3 Å². The molecule has 5 aliphatic heterocycles. The summed E-state index contributed by atoms with van der Waals surface area (Å²) in [6, 6.07) is 14.1. The van der Waals surface area contributed by atoms with Gasteiger partial charge in [0.2, 0.25) is 0 Å². The monoisotopic (exact) mass is 645 g/mol. The second-order valence-corrected chi connectivity index (χ2v) is 14.1. The average molecular weight is 646 g/mol. The third kappa shape index (κ3) is 5.55. The summed E-state index contributed by atoms with van der Waals surface area (Å²) in [6.45, 7) is 7.75. The molecule has 1 aromatic heterocycles. The van der Waals surface area contributed by atoms with Crippen LogP contribution in [0.3, 0.4) is 0 Å². The lowest BCUT2D eigenvalue weighted by Gasteiger charge is -2.36. The van der Waals surface area contributed by atoms with Crippen LogP contribution in [0.1, 0.15) is 39.0 Å². The number of aromatic nitrogens is 2. The Kier molecular flexibility index (Phi) is 8.13. The Bertz CT molecular complexity index is 1740. The number of nitrogens with one attached hydrogen (secondary N) is 1. The first-order valence-electron chi connectivity index (χ1n) is 16.8. The van der Waals surface area contributed by atoms with Crippen LogP contribution in [0.5, 0.6) is 11.8 Å². The SMILES string of the molecule is CCC(COc1nc(N2CC3CCC(C2)NC3)c2cc(Cl)c(-c3cc(O)cc4ccccc34)c(F)c2n1)CN1C2CCC1COC2. The summed E-state index contributed by atoms with van der Waals surface area (Å²) in [4.78, 5) is 14.6. The van der Waals surface area contributed by atoms with Gasteiger partial charge >= 0.3 is 6.01 Å². The molecule has 3 aromatic carbocycles. The fourth-order valence-electron chi connectivity index (χ4n) is 8.13. The van der Waals surface area contributed by atoms with Gasteiger partial charge in [0.15, 0.2) is 5.82 Å². The van der Waals surface area contributed by atoms with Gasteiger partial charge in [0, 0.05) is 54.6 Å². The molecule has 0 spiro atoms. The Morgan fingerprint density at radius 2 is 1.89 bits per heavy atom. The number of aromatic hydroxyl groups is 1. The number of morpholine rings is 1. The molecule has 242 valence electrons. The van der Waals surface area contributed by atoms with Gasteiger partial charge in [-0.2, -0.15) is 9.97 Å². The van der Waals surface area contributed by atoms with Gasteiger partial charge in [0.05, 0.1) is 24.8 Å². The third-order valence-corrected chi connectivity index (χ3v) is 11.0. The maximum absolute atomic E-state index is 17.0. The van der Waals surface area contributed by atoms with Crippen molar-refractivity contribution < 1.29 is 19.0 Å². The predicted octanol–water partition coefficient (Wildman–Crippen LogP) is 6.40. The summed E-state index contributed by atoms with van der Waals surface area (Å²) in [5, 5.41) is 16.7. The van der Waals surface area contributed by atoms with Crippen molar-refractivity contribution in [3.05, 3.63) is 53.3 Å². The molecule has 5 atom stereocenters. The van der Waals surface area contributed by atoms with Gasteiger partial charge in [-0.25, -0.2) is 4.39 Å². The molecule has 9 rings (SSSR count). The molecule has 5 aliphatic rings. The summed E-state index contributed by atoms with van der Waals surface area (Å²) in [5.41, 5.74) is 0.908. The summed E-state index contributed by atoms with van der Waals surface area (Å²) >= 11 is 6.94. The standard InChI is InChI=1S/C36H41ClFN5O3/c1-2-21(16-43-25-9-10-26(43)20-45-19-25)18-46-36-40-34-30(35(41-36)42-15-22-7-8-24(17-42)39-14-22)13-31(37)32(33(34)38)29-12-27(44)11-23-5-3-4-6-28(23)29/h3-6,11-13,21-22,24-26,39,44H,2,7-10,14-20H2,1H3. The van der Waals surface area contributed by atoms with Crippen LogP contribution < -0.4 is 15.0 Å². The minimum absolute atomic E-state index is 0.0449. The Morgan fingerprint density at radius 3 is 2.67 bits per heavy atom. The van der Waals surface area contributed by atoms with E-state index in [2.05, 4.69) is 22.0 Å². The fourth-order valence-corrected chi connectivity index (χ4v) is 8.42. The Hall–Kier alpha value is -3.24. The molecule has 5 unspecified atom stereocenters. The van der Waals surface area contributed by atoms with Crippen LogP contribution in [0.2, 0.25) is 5.02 Å². The first kappa shape index (κ1) is 30.1. The van der Waals surface area contributed by atoms with E-state index in [0.29, 0.717) is 47.4 Å². The van der Waals surface area contributed by atoms with E-state index < -0.39 is 5.82 Å². The lowest BCUT2D eigenvalue weighted by molar-refractivity contribution is -0.0246. The minimum atomic E-state index is -0.542. The number of rotatable bonds is 8. The number of phenols is 1. The smallest absolute Gasteiger partial charge is 0.319 e. The van der Waals surface area contributed by atoms with E-state index in [0.717, 1.165) is 69.4 Å². The van der Waals surface area contributed by atoms with Crippen LogP contribution in [0.4, 0.5) is 10.2 Å². The van der Waals surface area contributed by atoms with Crippen molar-refractivity contribution in [2.24, 2.45) is 11.8 Å². The number of nitrogens with zero attached hydrogens (tertiary/aromatic N) is 4. The van der Waals surface area contributed by atoms with Gasteiger partial charge in [-0.1, -0.05) is 42.8 Å². The Morgan fingerprint density at radius 1 is 1.07 bits per heavy atom. The van der Waals surface area contributed by atoms with Crippen LogP contribution in [0, 0.1) is 17.7 Å². The maximum Gasteiger partial charge on any atom is 0.319 e. The van der Waals surface area contributed by atoms with E-state index in [1.54, 1.807) is 18.2 Å². The van der Waals surface area contributed by atoms with Gasteiger partial charge in [0.25, 0.3) is 0 Å². The zero-order valence-electron chi connectivity index (χ0n) is 26.2. The van der Waals surface area contributed by atoms with Crippen LogP contribution in [-0.2, 0) is 4.74 Å². The zero-order valence-corrected chi connectivity index (χ0v) is 27.0. The van der Waals surface area contributed by atoms with Crippen molar-refractivity contribution in [2.75, 3.05) is 50.9 Å². The first-order chi connectivity index (χ1) is 22.4. The number of hydrogen-bond donors (Lipinski definition) is 2. The van der Waals surface area contributed by atoms with Crippen LogP contribution >= 0.6 is 11.6 Å². The minimum Gasteiger partial charge on any atom is -0.508 e. The highest BCUT2D eigenvalue weighted by molar-refractivity contribution is 6.35. The molecule has 5 fully saturated rings. The predicted molar refractivity (Wildman–Crippen MR) is 179 cm³/mol. The zero-order chi connectivity index (χ0) is 31.4. The maximum atomic E-state index is 17.0. The fraction of sp³-hybridized carbons (Fsp3) is 0.500. The second-order valence-electron chi connectivity index (χ2n) is 13.6. The molecule has 5 saturated heterocycles. The van der Waals surface area contributed by atoms with E-state index in [-0.39, 0.29) is 33.8 Å². The molecule has 8 nitrogen and oxygen atoms in total.